The van der Waals surface area contributed by atoms with E-state index in [1.165, 1.54) is 22.8 Å². The van der Waals surface area contributed by atoms with Gasteiger partial charge in [0.2, 0.25) is 5.91 Å². The molecule has 116 valence electrons. The molecule has 1 aliphatic rings. The smallest absolute Gasteiger partial charge is 0.326 e. The van der Waals surface area contributed by atoms with Crippen molar-refractivity contribution in [1.29, 1.82) is 0 Å². The average molecular weight is 300 g/mol. The number of pyridine rings is 1. The van der Waals surface area contributed by atoms with Gasteiger partial charge in [0.05, 0.1) is 5.52 Å². The minimum atomic E-state index is -0.930. The zero-order chi connectivity index (χ0) is 16.1. The molecule has 0 bridgehead atoms. The van der Waals surface area contributed by atoms with Crippen LogP contribution in [0.2, 0.25) is 0 Å². The second kappa shape index (κ2) is 7.02. The molecule has 3 rings (SSSR count). The molecule has 1 aromatic heterocycles. The van der Waals surface area contributed by atoms with Crippen molar-refractivity contribution >= 4 is 22.8 Å². The number of carboxylic acids is 1. The third kappa shape index (κ3) is 3.81. The van der Waals surface area contributed by atoms with Gasteiger partial charge in [0.1, 0.15) is 6.04 Å². The van der Waals surface area contributed by atoms with Crippen LogP contribution in [0.4, 0.5) is 0 Å². The quantitative estimate of drug-likeness (QED) is 0.925. The van der Waals surface area contributed by atoms with Gasteiger partial charge < -0.3 is 10.0 Å². The van der Waals surface area contributed by atoms with E-state index in [-0.39, 0.29) is 5.91 Å². The molecule has 1 aromatic carbocycles. The van der Waals surface area contributed by atoms with Gasteiger partial charge in [-0.25, -0.2) is 4.79 Å². The van der Waals surface area contributed by atoms with Crippen LogP contribution in [0.1, 0.15) is 25.3 Å². The molecule has 0 saturated carbocycles. The minimum Gasteiger partial charge on any atom is -0.480 e. The Morgan fingerprint density at radius 1 is 1.36 bits per heavy atom. The standard InChI is InChI=1S/C10H9N.C7H11NO3/c1-8-6-9-4-2-3-5-10(9)11-7-8;1-5(7(10)11)8-4-2-3-6(8)9/h2-7H,1H3;5H,2-4H2,1H3,(H,10,11)/t;5-/m.1/s1. The van der Waals surface area contributed by atoms with Crippen LogP contribution in [0.25, 0.3) is 10.9 Å². The van der Waals surface area contributed by atoms with E-state index in [1.54, 1.807) is 0 Å². The van der Waals surface area contributed by atoms with Crippen LogP contribution in [-0.4, -0.2) is 39.5 Å². The summed E-state index contributed by atoms with van der Waals surface area (Å²) in [5, 5.41) is 9.78. The molecule has 1 N–H and O–H groups in total. The maximum absolute atomic E-state index is 11.0. The SMILES string of the molecule is C[C@H](C(=O)O)N1CCCC1=O.Cc1cnc2ccccc2c1. The number of aryl methyl sites for hydroxylation is 1. The summed E-state index contributed by atoms with van der Waals surface area (Å²) in [7, 11) is 0. The highest BCUT2D eigenvalue weighted by Gasteiger charge is 2.28. The number of fused-ring (bicyclic) bond motifs is 1. The van der Waals surface area contributed by atoms with Crippen LogP contribution in [0.15, 0.2) is 36.5 Å². The van der Waals surface area contributed by atoms with E-state index in [9.17, 15) is 9.59 Å². The lowest BCUT2D eigenvalue weighted by molar-refractivity contribution is -0.147. The van der Waals surface area contributed by atoms with Gasteiger partial charge in [-0.1, -0.05) is 18.2 Å². The number of benzene rings is 1. The van der Waals surface area contributed by atoms with Gasteiger partial charge in [0.25, 0.3) is 0 Å². The van der Waals surface area contributed by atoms with Crippen LogP contribution in [0.5, 0.6) is 0 Å². The summed E-state index contributed by atoms with van der Waals surface area (Å²) in [6.45, 7) is 4.18. The number of nitrogens with zero attached hydrogens (tertiary/aromatic N) is 2. The summed E-state index contributed by atoms with van der Waals surface area (Å²) in [5.41, 5.74) is 2.28. The zero-order valence-corrected chi connectivity index (χ0v) is 12.8. The fourth-order valence-electron chi connectivity index (χ4n) is 2.39. The zero-order valence-electron chi connectivity index (χ0n) is 12.8. The molecule has 0 aliphatic carbocycles. The number of amides is 1. The van der Waals surface area contributed by atoms with Crippen LogP contribution < -0.4 is 0 Å². The van der Waals surface area contributed by atoms with Crippen LogP contribution >= 0.6 is 0 Å². The van der Waals surface area contributed by atoms with Gasteiger partial charge in [0, 0.05) is 24.5 Å². The largest absolute Gasteiger partial charge is 0.480 e. The van der Waals surface area contributed by atoms with Crippen LogP contribution in [0, 0.1) is 6.92 Å². The predicted molar refractivity (Wildman–Crippen MR) is 84.5 cm³/mol. The summed E-state index contributed by atoms with van der Waals surface area (Å²) in [4.78, 5) is 27.1. The van der Waals surface area contributed by atoms with Gasteiger partial charge in [-0.05, 0) is 38.0 Å². The van der Waals surface area contributed by atoms with Crippen molar-refractivity contribution < 1.29 is 14.7 Å². The molecule has 0 radical (unpaired) electrons. The lowest BCUT2D eigenvalue weighted by Crippen LogP contribution is -2.39. The number of para-hydroxylation sites is 1. The molecule has 22 heavy (non-hydrogen) atoms. The molecule has 0 unspecified atom stereocenters. The molecule has 1 aliphatic heterocycles. The topological polar surface area (TPSA) is 70.5 Å². The predicted octanol–water partition coefficient (Wildman–Crippen LogP) is 2.63. The van der Waals surface area contributed by atoms with E-state index < -0.39 is 12.0 Å². The molecule has 2 heterocycles. The number of carbonyl (C=O) groups excluding carboxylic acids is 1. The Kier molecular flexibility index (Phi) is 5.09. The summed E-state index contributed by atoms with van der Waals surface area (Å²) >= 11 is 0. The fourth-order valence-corrected chi connectivity index (χ4v) is 2.39. The molecule has 1 amide bonds. The Labute approximate surface area is 129 Å². The summed E-state index contributed by atoms with van der Waals surface area (Å²) in [6, 6.07) is 9.62. The second-order valence-electron chi connectivity index (χ2n) is 5.41. The number of hydrogen-bond donors (Lipinski definition) is 1. The van der Waals surface area contributed by atoms with Crippen molar-refractivity contribution in [3.8, 4) is 0 Å². The fraction of sp³-hybridized carbons (Fsp3) is 0.353. The van der Waals surface area contributed by atoms with E-state index in [4.69, 9.17) is 5.11 Å². The van der Waals surface area contributed by atoms with Crippen molar-refractivity contribution in [2.24, 2.45) is 0 Å². The van der Waals surface area contributed by atoms with Crippen molar-refractivity contribution in [2.45, 2.75) is 32.7 Å². The van der Waals surface area contributed by atoms with E-state index >= 15 is 0 Å². The number of carboxylic acid groups (broad SMARTS) is 1. The maximum atomic E-state index is 11.0. The molecule has 2 aromatic rings. The Bertz CT molecular complexity index is 684. The van der Waals surface area contributed by atoms with E-state index in [2.05, 4.69) is 24.0 Å². The Morgan fingerprint density at radius 2 is 2.09 bits per heavy atom. The Morgan fingerprint density at radius 3 is 2.73 bits per heavy atom. The number of aliphatic carboxylic acids is 1. The van der Waals surface area contributed by atoms with Gasteiger partial charge in [-0.2, -0.15) is 0 Å². The minimum absolute atomic E-state index is 0.0418. The number of aromatic nitrogens is 1. The molecule has 1 atom stereocenters. The molecular formula is C17H20N2O3. The maximum Gasteiger partial charge on any atom is 0.326 e. The lowest BCUT2D eigenvalue weighted by Gasteiger charge is -2.19. The molecular weight excluding hydrogens is 280 g/mol. The number of carbonyl (C=O) groups is 2. The monoisotopic (exact) mass is 300 g/mol. The van der Waals surface area contributed by atoms with E-state index in [0.29, 0.717) is 13.0 Å². The van der Waals surface area contributed by atoms with Gasteiger partial charge in [-0.3, -0.25) is 9.78 Å². The first-order valence-electron chi connectivity index (χ1n) is 7.32. The first kappa shape index (κ1) is 15.9. The lowest BCUT2D eigenvalue weighted by atomic mass is 10.2. The number of likely N-dealkylation sites (tertiary alicyclic amines) is 1. The van der Waals surface area contributed by atoms with E-state index in [1.807, 2.05) is 24.4 Å². The molecule has 0 spiro atoms. The first-order valence-corrected chi connectivity index (χ1v) is 7.32. The van der Waals surface area contributed by atoms with Crippen molar-refractivity contribution in [2.75, 3.05) is 6.54 Å². The van der Waals surface area contributed by atoms with Gasteiger partial charge in [0.15, 0.2) is 0 Å². The third-order valence-corrected chi connectivity index (χ3v) is 3.66. The highest BCUT2D eigenvalue weighted by atomic mass is 16.4. The summed E-state index contributed by atoms with van der Waals surface area (Å²) < 4.78 is 0. The van der Waals surface area contributed by atoms with Crippen LogP contribution in [-0.2, 0) is 9.59 Å². The first-order chi connectivity index (χ1) is 10.5. The average Bonchev–Trinajstić information content (AvgIpc) is 2.93. The second-order valence-corrected chi connectivity index (χ2v) is 5.41. The highest BCUT2D eigenvalue weighted by molar-refractivity contribution is 5.84. The van der Waals surface area contributed by atoms with Crippen molar-refractivity contribution in [3.05, 3.63) is 42.1 Å². The number of hydrogen-bond acceptors (Lipinski definition) is 3. The number of rotatable bonds is 2. The van der Waals surface area contributed by atoms with Gasteiger partial charge >= 0.3 is 5.97 Å². The van der Waals surface area contributed by atoms with Gasteiger partial charge in [-0.15, -0.1) is 0 Å². The highest BCUT2D eigenvalue weighted by Crippen LogP contribution is 2.13. The third-order valence-electron chi connectivity index (χ3n) is 3.66. The normalized spacial score (nSPS) is 15.4. The van der Waals surface area contributed by atoms with Crippen LogP contribution in [0.3, 0.4) is 0 Å². The van der Waals surface area contributed by atoms with Crippen molar-refractivity contribution in [3.63, 3.8) is 0 Å². The summed E-state index contributed by atoms with van der Waals surface area (Å²) in [6.07, 6.45) is 3.18. The van der Waals surface area contributed by atoms with Crippen molar-refractivity contribution in [1.82, 2.24) is 9.88 Å². The molecule has 5 heteroatoms. The Hall–Kier alpha value is -2.43. The van der Waals surface area contributed by atoms with E-state index in [0.717, 1.165) is 11.9 Å². The molecule has 1 saturated heterocycles. The molecule has 1 fully saturated rings. The Balaban J connectivity index is 0.000000160. The summed E-state index contributed by atoms with van der Waals surface area (Å²) in [5.74, 6) is -0.972. The molecule has 5 nitrogen and oxygen atoms in total.